The molecule has 0 spiro atoms. The number of carbonyl (C=O) groups excluding carboxylic acids is 1. The molecular formula is C18H19ClFNO. The van der Waals surface area contributed by atoms with Crippen molar-refractivity contribution in [2.45, 2.75) is 26.3 Å². The molecule has 0 saturated heterocycles. The van der Waals surface area contributed by atoms with E-state index in [2.05, 4.69) is 5.32 Å². The molecule has 0 heterocycles. The summed E-state index contributed by atoms with van der Waals surface area (Å²) in [5, 5.41) is 3.46. The zero-order valence-corrected chi connectivity index (χ0v) is 13.4. The zero-order chi connectivity index (χ0) is 16.1. The summed E-state index contributed by atoms with van der Waals surface area (Å²) in [5.74, 6) is -0.582. The predicted molar refractivity (Wildman–Crippen MR) is 87.3 cm³/mol. The van der Waals surface area contributed by atoms with E-state index in [1.54, 1.807) is 30.3 Å². The van der Waals surface area contributed by atoms with Crippen molar-refractivity contribution >= 4 is 17.5 Å². The number of carbonyl (C=O) groups is 1. The summed E-state index contributed by atoms with van der Waals surface area (Å²) in [6, 6.07) is 13.7. The van der Waals surface area contributed by atoms with Gasteiger partial charge in [-0.2, -0.15) is 0 Å². The fraction of sp³-hybridized carbons (Fsp3) is 0.278. The maximum Gasteiger partial charge on any atom is 0.228 e. The van der Waals surface area contributed by atoms with Crippen molar-refractivity contribution in [2.24, 2.45) is 5.92 Å². The molecule has 0 aliphatic heterocycles. The highest BCUT2D eigenvalue weighted by molar-refractivity contribution is 6.30. The van der Waals surface area contributed by atoms with Gasteiger partial charge in [-0.05, 0) is 29.7 Å². The minimum Gasteiger partial charge on any atom is -0.351 e. The quantitative estimate of drug-likeness (QED) is 0.861. The van der Waals surface area contributed by atoms with E-state index in [0.717, 1.165) is 5.56 Å². The number of amides is 1. The Hall–Kier alpha value is -1.87. The molecule has 2 aromatic rings. The average molecular weight is 320 g/mol. The summed E-state index contributed by atoms with van der Waals surface area (Å²) >= 11 is 5.89. The largest absolute Gasteiger partial charge is 0.351 e. The van der Waals surface area contributed by atoms with Gasteiger partial charge in [0.05, 0.1) is 5.92 Å². The van der Waals surface area contributed by atoms with Gasteiger partial charge in [-0.3, -0.25) is 4.79 Å². The number of nitrogens with one attached hydrogen (secondary N) is 1. The Morgan fingerprint density at radius 2 is 1.77 bits per heavy atom. The molecule has 0 bridgehead atoms. The normalized spacial score (nSPS) is 12.2. The number of benzene rings is 2. The molecule has 22 heavy (non-hydrogen) atoms. The molecule has 0 aliphatic rings. The van der Waals surface area contributed by atoms with Crippen LogP contribution < -0.4 is 5.32 Å². The van der Waals surface area contributed by atoms with Crippen LogP contribution in [0.2, 0.25) is 5.02 Å². The van der Waals surface area contributed by atoms with Gasteiger partial charge in [0.1, 0.15) is 5.82 Å². The van der Waals surface area contributed by atoms with Crippen molar-refractivity contribution in [3.8, 4) is 0 Å². The summed E-state index contributed by atoms with van der Waals surface area (Å²) in [6.07, 6.45) is 0. The van der Waals surface area contributed by atoms with Gasteiger partial charge in [0.25, 0.3) is 0 Å². The molecule has 2 aromatic carbocycles. The predicted octanol–water partition coefficient (Wildman–Crippen LogP) is 4.54. The van der Waals surface area contributed by atoms with Crippen LogP contribution in [0.15, 0.2) is 48.5 Å². The van der Waals surface area contributed by atoms with Crippen LogP contribution in [-0.2, 0) is 11.3 Å². The molecule has 1 N–H and O–H groups in total. The highest BCUT2D eigenvalue weighted by Gasteiger charge is 2.24. The summed E-state index contributed by atoms with van der Waals surface area (Å²) in [7, 11) is 0. The molecular weight excluding hydrogens is 301 g/mol. The van der Waals surface area contributed by atoms with Crippen LogP contribution in [0.1, 0.15) is 30.9 Å². The van der Waals surface area contributed by atoms with Crippen LogP contribution in [-0.4, -0.2) is 5.91 Å². The van der Waals surface area contributed by atoms with Crippen LogP contribution in [0.5, 0.6) is 0 Å². The molecule has 0 saturated carbocycles. The monoisotopic (exact) mass is 319 g/mol. The molecule has 0 aliphatic carbocycles. The summed E-state index contributed by atoms with van der Waals surface area (Å²) in [6.45, 7) is 4.16. The SMILES string of the molecule is CC(C)[C@H](C(=O)NCc1ccccc1F)c1ccc(Cl)cc1. The molecule has 116 valence electrons. The molecule has 0 fully saturated rings. The van der Waals surface area contributed by atoms with Gasteiger partial charge in [0.15, 0.2) is 0 Å². The second-order valence-corrected chi connectivity index (χ2v) is 6.02. The first-order chi connectivity index (χ1) is 10.5. The lowest BCUT2D eigenvalue weighted by atomic mass is 9.87. The summed E-state index contributed by atoms with van der Waals surface area (Å²) in [4.78, 5) is 12.5. The molecule has 0 aromatic heterocycles. The van der Waals surface area contributed by atoms with Crippen molar-refractivity contribution in [2.75, 3.05) is 0 Å². The molecule has 4 heteroatoms. The van der Waals surface area contributed by atoms with Crippen molar-refractivity contribution < 1.29 is 9.18 Å². The van der Waals surface area contributed by atoms with Crippen LogP contribution in [0.4, 0.5) is 4.39 Å². The van der Waals surface area contributed by atoms with E-state index < -0.39 is 0 Å². The third-order valence-corrected chi connectivity index (χ3v) is 3.84. The van der Waals surface area contributed by atoms with E-state index in [1.807, 2.05) is 26.0 Å². The maximum absolute atomic E-state index is 13.6. The fourth-order valence-corrected chi connectivity index (χ4v) is 2.57. The third-order valence-electron chi connectivity index (χ3n) is 3.59. The van der Waals surface area contributed by atoms with Crippen molar-refractivity contribution in [3.05, 3.63) is 70.5 Å². The van der Waals surface area contributed by atoms with E-state index in [4.69, 9.17) is 11.6 Å². The molecule has 0 radical (unpaired) electrons. The van der Waals surface area contributed by atoms with Crippen molar-refractivity contribution in [1.29, 1.82) is 0 Å². The smallest absolute Gasteiger partial charge is 0.228 e. The minimum atomic E-state index is -0.310. The Morgan fingerprint density at radius 1 is 1.14 bits per heavy atom. The number of rotatable bonds is 5. The molecule has 2 nitrogen and oxygen atoms in total. The topological polar surface area (TPSA) is 29.1 Å². The second kappa shape index (κ2) is 7.41. The zero-order valence-electron chi connectivity index (χ0n) is 12.6. The van der Waals surface area contributed by atoms with Crippen molar-refractivity contribution in [3.63, 3.8) is 0 Å². The van der Waals surface area contributed by atoms with Gasteiger partial charge in [-0.15, -0.1) is 0 Å². The summed E-state index contributed by atoms with van der Waals surface area (Å²) in [5.41, 5.74) is 1.39. The van der Waals surface area contributed by atoms with Crippen molar-refractivity contribution in [1.82, 2.24) is 5.32 Å². The lowest BCUT2D eigenvalue weighted by Gasteiger charge is -2.21. The molecule has 1 atom stereocenters. The van der Waals surface area contributed by atoms with Crippen LogP contribution >= 0.6 is 11.6 Å². The first-order valence-corrected chi connectivity index (χ1v) is 7.63. The average Bonchev–Trinajstić information content (AvgIpc) is 2.48. The maximum atomic E-state index is 13.6. The van der Waals surface area contributed by atoms with Crippen LogP contribution in [0, 0.1) is 11.7 Å². The Kier molecular flexibility index (Phi) is 5.56. The highest BCUT2D eigenvalue weighted by Crippen LogP contribution is 2.26. The van der Waals surface area contributed by atoms with Gasteiger partial charge in [0.2, 0.25) is 5.91 Å². The number of hydrogen-bond donors (Lipinski definition) is 1. The number of hydrogen-bond acceptors (Lipinski definition) is 1. The van der Waals surface area contributed by atoms with E-state index in [0.29, 0.717) is 10.6 Å². The molecule has 0 unspecified atom stereocenters. The van der Waals surface area contributed by atoms with Gasteiger partial charge in [0, 0.05) is 17.1 Å². The van der Waals surface area contributed by atoms with Crippen LogP contribution in [0.25, 0.3) is 0 Å². The molecule has 2 rings (SSSR count). The van der Waals surface area contributed by atoms with Gasteiger partial charge < -0.3 is 5.32 Å². The van der Waals surface area contributed by atoms with Gasteiger partial charge in [-0.1, -0.05) is 55.8 Å². The van der Waals surface area contributed by atoms with Crippen LogP contribution in [0.3, 0.4) is 0 Å². The van der Waals surface area contributed by atoms with E-state index in [1.165, 1.54) is 6.07 Å². The van der Waals surface area contributed by atoms with Gasteiger partial charge in [-0.25, -0.2) is 4.39 Å². The third kappa shape index (κ3) is 4.08. The fourth-order valence-electron chi connectivity index (χ4n) is 2.44. The first kappa shape index (κ1) is 16.5. The Balaban J connectivity index is 2.10. The summed E-state index contributed by atoms with van der Waals surface area (Å²) < 4.78 is 13.6. The lowest BCUT2D eigenvalue weighted by molar-refractivity contribution is -0.123. The number of halogens is 2. The minimum absolute atomic E-state index is 0.111. The van der Waals surface area contributed by atoms with E-state index in [9.17, 15) is 9.18 Å². The lowest BCUT2D eigenvalue weighted by Crippen LogP contribution is -2.31. The Morgan fingerprint density at radius 3 is 2.36 bits per heavy atom. The second-order valence-electron chi connectivity index (χ2n) is 5.58. The molecule has 1 amide bonds. The standard InChI is InChI=1S/C18H19ClFNO/c1-12(2)17(13-7-9-15(19)10-8-13)18(22)21-11-14-5-3-4-6-16(14)20/h3-10,12,17H,11H2,1-2H3,(H,21,22)/t17-/m0/s1. The highest BCUT2D eigenvalue weighted by atomic mass is 35.5. The Labute approximate surface area is 135 Å². The Bertz CT molecular complexity index is 640. The first-order valence-electron chi connectivity index (χ1n) is 7.25. The van der Waals surface area contributed by atoms with Gasteiger partial charge >= 0.3 is 0 Å². The van der Waals surface area contributed by atoms with E-state index >= 15 is 0 Å². The van der Waals surface area contributed by atoms with E-state index in [-0.39, 0.29) is 30.1 Å².